The molecule has 0 aliphatic carbocycles. The summed E-state index contributed by atoms with van der Waals surface area (Å²) >= 11 is 0. The van der Waals surface area contributed by atoms with E-state index >= 15 is 0 Å². The molecule has 2 aromatic carbocycles. The summed E-state index contributed by atoms with van der Waals surface area (Å²) in [5.41, 5.74) is 1.34. The first kappa shape index (κ1) is 20.2. The van der Waals surface area contributed by atoms with E-state index in [-0.39, 0.29) is 5.56 Å². The van der Waals surface area contributed by atoms with Crippen molar-refractivity contribution in [3.8, 4) is 11.4 Å². The van der Waals surface area contributed by atoms with Crippen molar-refractivity contribution < 1.29 is 22.7 Å². The van der Waals surface area contributed by atoms with Gasteiger partial charge in [-0.15, -0.1) is 13.2 Å². The van der Waals surface area contributed by atoms with Crippen molar-refractivity contribution in [3.05, 3.63) is 71.7 Å². The number of aromatic nitrogens is 3. The maximum Gasteiger partial charge on any atom is 0.573 e. The van der Waals surface area contributed by atoms with E-state index in [1.807, 2.05) is 0 Å². The Balaban J connectivity index is 1.93. The van der Waals surface area contributed by atoms with Crippen LogP contribution in [0.4, 0.5) is 18.9 Å². The van der Waals surface area contributed by atoms with Gasteiger partial charge in [0.1, 0.15) is 11.3 Å². The Labute approximate surface area is 173 Å². The SMILES string of the molecule is C=CC(=O)Nc1ccc2c(c1)c1nn(C)cc1c(=O)n2-c1ccc(OC(F)(F)F)cc1. The first-order chi connectivity index (χ1) is 14.7. The summed E-state index contributed by atoms with van der Waals surface area (Å²) < 4.78 is 44.1. The van der Waals surface area contributed by atoms with Crippen LogP contribution in [-0.2, 0) is 11.8 Å². The normalized spacial score (nSPS) is 11.6. The van der Waals surface area contributed by atoms with Gasteiger partial charge < -0.3 is 10.1 Å². The quantitative estimate of drug-likeness (QED) is 0.500. The van der Waals surface area contributed by atoms with Crippen LogP contribution in [-0.4, -0.2) is 26.6 Å². The minimum atomic E-state index is -4.81. The van der Waals surface area contributed by atoms with Crippen molar-refractivity contribution in [1.29, 1.82) is 0 Å². The number of nitrogens with one attached hydrogen (secondary N) is 1. The lowest BCUT2D eigenvalue weighted by Gasteiger charge is -2.14. The van der Waals surface area contributed by atoms with Gasteiger partial charge in [0.2, 0.25) is 5.91 Å². The van der Waals surface area contributed by atoms with E-state index in [0.717, 1.165) is 18.2 Å². The molecule has 0 saturated carbocycles. The Morgan fingerprint density at radius 3 is 2.52 bits per heavy atom. The molecule has 0 saturated heterocycles. The topological polar surface area (TPSA) is 78.2 Å². The second-order valence-corrected chi connectivity index (χ2v) is 6.67. The Morgan fingerprint density at radius 1 is 1.16 bits per heavy atom. The van der Waals surface area contributed by atoms with Crippen LogP contribution in [0.2, 0.25) is 0 Å². The third-order valence-corrected chi connectivity index (χ3v) is 4.54. The van der Waals surface area contributed by atoms with Crippen LogP contribution in [0.15, 0.2) is 66.1 Å². The molecule has 31 heavy (non-hydrogen) atoms. The van der Waals surface area contributed by atoms with Crippen LogP contribution in [0.25, 0.3) is 27.5 Å². The molecule has 1 N–H and O–H groups in total. The van der Waals surface area contributed by atoms with Crippen molar-refractivity contribution >= 4 is 33.4 Å². The highest BCUT2D eigenvalue weighted by atomic mass is 19.4. The van der Waals surface area contributed by atoms with E-state index in [1.54, 1.807) is 31.4 Å². The molecular formula is C21H15F3N4O3. The van der Waals surface area contributed by atoms with Gasteiger partial charge in [-0.3, -0.25) is 18.8 Å². The summed E-state index contributed by atoms with van der Waals surface area (Å²) in [5, 5.41) is 7.91. The number of carbonyl (C=O) groups is 1. The molecule has 0 bridgehead atoms. The number of nitrogens with zero attached hydrogens (tertiary/aromatic N) is 3. The predicted molar refractivity (Wildman–Crippen MR) is 109 cm³/mol. The number of carbonyl (C=O) groups excluding carboxylic acids is 1. The molecule has 0 unspecified atom stereocenters. The summed E-state index contributed by atoms with van der Waals surface area (Å²) in [7, 11) is 1.67. The van der Waals surface area contributed by atoms with Crippen LogP contribution in [0.5, 0.6) is 5.75 Å². The van der Waals surface area contributed by atoms with Gasteiger partial charge in [-0.05, 0) is 48.5 Å². The number of alkyl halides is 3. The molecule has 0 fully saturated rings. The number of aryl methyl sites for hydroxylation is 1. The first-order valence-corrected chi connectivity index (χ1v) is 8.98. The Kier molecular flexibility index (Phi) is 4.77. The fraction of sp³-hybridized carbons (Fsp3) is 0.0952. The molecule has 0 atom stereocenters. The molecule has 158 valence electrons. The van der Waals surface area contributed by atoms with Gasteiger partial charge >= 0.3 is 6.36 Å². The highest BCUT2D eigenvalue weighted by Crippen LogP contribution is 2.28. The molecular weight excluding hydrogens is 413 g/mol. The molecule has 4 rings (SSSR count). The minimum absolute atomic E-state index is 0.317. The number of halogens is 3. The van der Waals surface area contributed by atoms with Crippen molar-refractivity contribution in [3.63, 3.8) is 0 Å². The maximum absolute atomic E-state index is 13.2. The van der Waals surface area contributed by atoms with Crippen molar-refractivity contribution in [2.45, 2.75) is 6.36 Å². The van der Waals surface area contributed by atoms with E-state index in [4.69, 9.17) is 0 Å². The van der Waals surface area contributed by atoms with Crippen LogP contribution < -0.4 is 15.6 Å². The lowest BCUT2D eigenvalue weighted by molar-refractivity contribution is -0.274. The average Bonchev–Trinajstić information content (AvgIpc) is 3.10. The summed E-state index contributed by atoms with van der Waals surface area (Å²) in [6.45, 7) is 3.41. The van der Waals surface area contributed by atoms with Crippen molar-refractivity contribution in [1.82, 2.24) is 14.3 Å². The number of amides is 1. The lowest BCUT2D eigenvalue weighted by atomic mass is 10.1. The minimum Gasteiger partial charge on any atom is -0.406 e. The van der Waals surface area contributed by atoms with E-state index in [0.29, 0.717) is 33.2 Å². The predicted octanol–water partition coefficient (Wildman–Crippen LogP) is 3.90. The zero-order valence-electron chi connectivity index (χ0n) is 16.1. The molecule has 2 aromatic heterocycles. The van der Waals surface area contributed by atoms with Crippen LogP contribution >= 0.6 is 0 Å². The Hall–Kier alpha value is -4.08. The zero-order valence-corrected chi connectivity index (χ0v) is 16.1. The molecule has 0 radical (unpaired) electrons. The average molecular weight is 428 g/mol. The van der Waals surface area contributed by atoms with Gasteiger partial charge in [-0.1, -0.05) is 6.58 Å². The van der Waals surface area contributed by atoms with Crippen LogP contribution in [0.1, 0.15) is 0 Å². The van der Waals surface area contributed by atoms with E-state index in [1.165, 1.54) is 21.4 Å². The standard InChI is InChI=1S/C21H15F3N4O3/c1-3-18(29)25-12-4-9-17-15(10-12)19-16(11-27(2)26-19)20(30)28(17)13-5-7-14(8-6-13)31-21(22,23)24/h3-11H,1H2,2H3,(H,25,29). The Bertz CT molecular complexity index is 1390. The van der Waals surface area contributed by atoms with Gasteiger partial charge in [0, 0.05) is 30.0 Å². The highest BCUT2D eigenvalue weighted by molar-refractivity contribution is 6.07. The van der Waals surface area contributed by atoms with Gasteiger partial charge in [-0.25, -0.2) is 0 Å². The lowest BCUT2D eigenvalue weighted by Crippen LogP contribution is -2.19. The largest absolute Gasteiger partial charge is 0.573 e. The van der Waals surface area contributed by atoms with Gasteiger partial charge in [0.15, 0.2) is 0 Å². The molecule has 0 spiro atoms. The number of fused-ring (bicyclic) bond motifs is 3. The zero-order chi connectivity index (χ0) is 22.3. The van der Waals surface area contributed by atoms with E-state index < -0.39 is 18.0 Å². The van der Waals surface area contributed by atoms with Crippen LogP contribution in [0.3, 0.4) is 0 Å². The number of anilines is 1. The van der Waals surface area contributed by atoms with Crippen molar-refractivity contribution in [2.75, 3.05) is 5.32 Å². The first-order valence-electron chi connectivity index (χ1n) is 8.98. The van der Waals surface area contributed by atoms with Crippen LogP contribution in [0, 0.1) is 0 Å². The second kappa shape index (κ2) is 7.31. The van der Waals surface area contributed by atoms with Gasteiger partial charge in [-0.2, -0.15) is 5.10 Å². The summed E-state index contributed by atoms with van der Waals surface area (Å²) in [6, 6.07) is 9.89. The number of hydrogen-bond acceptors (Lipinski definition) is 4. The smallest absolute Gasteiger partial charge is 0.406 e. The molecule has 10 heteroatoms. The molecule has 1 amide bonds. The molecule has 0 aliphatic heterocycles. The fourth-order valence-corrected chi connectivity index (χ4v) is 3.32. The number of benzene rings is 2. The molecule has 7 nitrogen and oxygen atoms in total. The maximum atomic E-state index is 13.2. The Morgan fingerprint density at radius 2 is 1.87 bits per heavy atom. The number of hydrogen-bond donors (Lipinski definition) is 1. The molecule has 2 heterocycles. The fourth-order valence-electron chi connectivity index (χ4n) is 3.32. The third kappa shape index (κ3) is 3.87. The summed E-state index contributed by atoms with van der Waals surface area (Å²) in [6.07, 6.45) is -2.12. The van der Waals surface area contributed by atoms with Crippen molar-refractivity contribution in [2.24, 2.45) is 7.05 Å². The summed E-state index contributed by atoms with van der Waals surface area (Å²) in [4.78, 5) is 24.9. The van der Waals surface area contributed by atoms with Gasteiger partial charge in [0.05, 0.1) is 10.9 Å². The highest BCUT2D eigenvalue weighted by Gasteiger charge is 2.31. The summed E-state index contributed by atoms with van der Waals surface area (Å²) in [5.74, 6) is -0.796. The second-order valence-electron chi connectivity index (χ2n) is 6.67. The monoisotopic (exact) mass is 428 g/mol. The third-order valence-electron chi connectivity index (χ3n) is 4.54. The van der Waals surface area contributed by atoms with E-state index in [9.17, 15) is 22.8 Å². The number of rotatable bonds is 4. The number of ether oxygens (including phenoxy) is 1. The molecule has 0 aliphatic rings. The number of pyridine rings is 1. The van der Waals surface area contributed by atoms with E-state index in [2.05, 4.69) is 21.7 Å². The molecule has 4 aromatic rings. The van der Waals surface area contributed by atoms with Gasteiger partial charge in [0.25, 0.3) is 5.56 Å².